The van der Waals surface area contributed by atoms with Gasteiger partial charge in [-0.1, -0.05) is 6.08 Å². The topological polar surface area (TPSA) is 79.3 Å². The van der Waals surface area contributed by atoms with E-state index in [1.165, 1.54) is 0 Å². The van der Waals surface area contributed by atoms with Crippen molar-refractivity contribution in [1.29, 1.82) is 0 Å². The van der Waals surface area contributed by atoms with Crippen LogP contribution in [0.25, 0.3) is 0 Å². The minimum absolute atomic E-state index is 0.113. The summed E-state index contributed by atoms with van der Waals surface area (Å²) in [5.41, 5.74) is -0.574. The van der Waals surface area contributed by atoms with Crippen LogP contribution in [-0.2, 0) is 14.3 Å². The van der Waals surface area contributed by atoms with Crippen LogP contribution in [0.5, 0.6) is 0 Å². The Kier molecular flexibility index (Phi) is 5.97. The molecule has 1 heterocycles. The number of rotatable bonds is 8. The molecule has 1 aliphatic rings. The lowest BCUT2D eigenvalue weighted by atomic mass is 9.97. The molecule has 0 bridgehead atoms. The largest absolute Gasteiger partial charge is 0.480 e. The Hall–Kier alpha value is -1.60. The van der Waals surface area contributed by atoms with E-state index in [2.05, 4.69) is 6.58 Å². The van der Waals surface area contributed by atoms with Crippen LogP contribution in [0.2, 0.25) is 0 Å². The average Bonchev–Trinajstić information content (AvgIpc) is 2.37. The summed E-state index contributed by atoms with van der Waals surface area (Å²) in [5.74, 6) is -1.01. The van der Waals surface area contributed by atoms with Gasteiger partial charge in [0.1, 0.15) is 12.2 Å². The van der Waals surface area contributed by atoms with E-state index in [0.29, 0.717) is 32.8 Å². The highest BCUT2D eigenvalue weighted by molar-refractivity contribution is 5.76. The molecule has 0 aromatic rings. The van der Waals surface area contributed by atoms with E-state index in [-0.39, 0.29) is 12.6 Å². The number of ether oxygens (including phenoxy) is 2. The fourth-order valence-electron chi connectivity index (χ4n) is 2.05. The van der Waals surface area contributed by atoms with Crippen molar-refractivity contribution in [3.05, 3.63) is 12.7 Å². The molecule has 7 nitrogen and oxygen atoms in total. The molecule has 1 rings (SSSR count). The number of hydrogen-bond donors (Lipinski definition) is 1. The third-order valence-electron chi connectivity index (χ3n) is 3.05. The highest BCUT2D eigenvalue weighted by Crippen LogP contribution is 2.25. The van der Waals surface area contributed by atoms with Gasteiger partial charge < -0.3 is 24.4 Å². The van der Waals surface area contributed by atoms with Crippen LogP contribution in [0, 0.1) is 0 Å². The Morgan fingerprint density at radius 3 is 2.65 bits per heavy atom. The Bertz CT molecular complexity index is 366. The minimum Gasteiger partial charge on any atom is -0.480 e. The van der Waals surface area contributed by atoms with Gasteiger partial charge in [-0.2, -0.15) is 0 Å². The van der Waals surface area contributed by atoms with Crippen LogP contribution in [0.4, 0.5) is 4.79 Å². The molecule has 7 heteroatoms. The van der Waals surface area contributed by atoms with Gasteiger partial charge in [0, 0.05) is 20.2 Å². The van der Waals surface area contributed by atoms with Crippen molar-refractivity contribution in [3.8, 4) is 0 Å². The van der Waals surface area contributed by atoms with Crippen molar-refractivity contribution in [1.82, 2.24) is 9.80 Å². The number of carbonyl (C=O) groups excluding carboxylic acids is 1. The van der Waals surface area contributed by atoms with Crippen LogP contribution in [0.3, 0.4) is 0 Å². The predicted molar refractivity (Wildman–Crippen MR) is 72.6 cm³/mol. The summed E-state index contributed by atoms with van der Waals surface area (Å²) in [6.07, 6.45) is 1.66. The number of carboxylic acid groups (broad SMARTS) is 1. The van der Waals surface area contributed by atoms with Gasteiger partial charge in [0.05, 0.1) is 19.7 Å². The van der Waals surface area contributed by atoms with E-state index in [4.69, 9.17) is 14.6 Å². The first-order chi connectivity index (χ1) is 9.41. The summed E-state index contributed by atoms with van der Waals surface area (Å²) in [6.45, 7) is 7.25. The third kappa shape index (κ3) is 4.50. The van der Waals surface area contributed by atoms with Gasteiger partial charge in [0.2, 0.25) is 0 Å². The number of aliphatic carboxylic acids is 1. The molecule has 2 amide bonds. The predicted octanol–water partition coefficient (Wildman–Crippen LogP) is 0.416. The highest BCUT2D eigenvalue weighted by Gasteiger charge is 2.43. The standard InChI is InChI=1S/C13H22N2O5/c1-4-5-14(6-7-19-3)12(18)15-9-13(2,10-15)20-8-11(16)17/h4H,1,5-10H2,2-3H3,(H,16,17). The molecule has 1 N–H and O–H groups in total. The Morgan fingerprint density at radius 1 is 1.50 bits per heavy atom. The Labute approximate surface area is 118 Å². The van der Waals surface area contributed by atoms with Gasteiger partial charge in [-0.15, -0.1) is 6.58 Å². The molecule has 0 aliphatic carbocycles. The summed E-state index contributed by atoms with van der Waals surface area (Å²) in [5, 5.41) is 8.59. The fraction of sp³-hybridized carbons (Fsp3) is 0.692. The zero-order valence-corrected chi connectivity index (χ0v) is 12.0. The first-order valence-corrected chi connectivity index (χ1v) is 6.41. The molecule has 0 unspecified atom stereocenters. The fourth-order valence-corrected chi connectivity index (χ4v) is 2.05. The second-order valence-electron chi connectivity index (χ2n) is 5.00. The molecule has 0 atom stereocenters. The summed E-state index contributed by atoms with van der Waals surface area (Å²) >= 11 is 0. The lowest BCUT2D eigenvalue weighted by molar-refractivity contribution is -0.160. The number of urea groups is 1. The van der Waals surface area contributed by atoms with E-state index >= 15 is 0 Å². The molecule has 1 saturated heterocycles. The summed E-state index contributed by atoms with van der Waals surface area (Å²) in [7, 11) is 1.58. The molecule has 0 saturated carbocycles. The molecule has 20 heavy (non-hydrogen) atoms. The zero-order valence-electron chi connectivity index (χ0n) is 12.0. The molecule has 1 aliphatic heterocycles. The lowest BCUT2D eigenvalue weighted by Gasteiger charge is -2.48. The van der Waals surface area contributed by atoms with Crippen molar-refractivity contribution in [2.45, 2.75) is 12.5 Å². The third-order valence-corrected chi connectivity index (χ3v) is 3.05. The summed E-state index contributed by atoms with van der Waals surface area (Å²) < 4.78 is 10.2. The van der Waals surface area contributed by atoms with Gasteiger partial charge in [0.25, 0.3) is 0 Å². The van der Waals surface area contributed by atoms with Gasteiger partial charge >= 0.3 is 12.0 Å². The first kappa shape index (κ1) is 16.5. The van der Waals surface area contributed by atoms with Crippen molar-refractivity contribution in [3.63, 3.8) is 0 Å². The average molecular weight is 286 g/mol. The van der Waals surface area contributed by atoms with Crippen molar-refractivity contribution < 1.29 is 24.2 Å². The van der Waals surface area contributed by atoms with Crippen molar-refractivity contribution >= 4 is 12.0 Å². The number of carbonyl (C=O) groups is 2. The Balaban J connectivity index is 2.45. The SMILES string of the molecule is C=CCN(CCOC)C(=O)N1CC(C)(OCC(=O)O)C1. The first-order valence-electron chi connectivity index (χ1n) is 6.41. The van der Waals surface area contributed by atoms with Gasteiger partial charge in [-0.3, -0.25) is 0 Å². The van der Waals surface area contributed by atoms with E-state index in [1.807, 2.05) is 0 Å². The van der Waals surface area contributed by atoms with E-state index in [1.54, 1.807) is 29.9 Å². The number of likely N-dealkylation sites (tertiary alicyclic amines) is 1. The maximum Gasteiger partial charge on any atom is 0.329 e. The van der Waals surface area contributed by atoms with Crippen LogP contribution >= 0.6 is 0 Å². The summed E-state index contributed by atoms with van der Waals surface area (Å²) in [6, 6.07) is -0.113. The maximum atomic E-state index is 12.2. The van der Waals surface area contributed by atoms with E-state index in [0.717, 1.165) is 0 Å². The van der Waals surface area contributed by atoms with Crippen LogP contribution < -0.4 is 0 Å². The molecule has 0 aromatic carbocycles. The van der Waals surface area contributed by atoms with Gasteiger partial charge in [0.15, 0.2) is 0 Å². The van der Waals surface area contributed by atoms with Crippen LogP contribution in [-0.4, -0.2) is 79.0 Å². The van der Waals surface area contributed by atoms with E-state index < -0.39 is 11.6 Å². The molecule has 0 radical (unpaired) electrons. The number of carboxylic acids is 1. The highest BCUT2D eigenvalue weighted by atomic mass is 16.5. The number of amides is 2. The normalized spacial score (nSPS) is 16.4. The minimum atomic E-state index is -1.01. The van der Waals surface area contributed by atoms with Crippen molar-refractivity contribution in [2.75, 3.05) is 46.5 Å². The molecule has 0 spiro atoms. The second-order valence-corrected chi connectivity index (χ2v) is 5.00. The summed E-state index contributed by atoms with van der Waals surface area (Å²) in [4.78, 5) is 26.0. The molecule has 0 aromatic heterocycles. The van der Waals surface area contributed by atoms with Gasteiger partial charge in [-0.05, 0) is 6.92 Å². The van der Waals surface area contributed by atoms with E-state index in [9.17, 15) is 9.59 Å². The van der Waals surface area contributed by atoms with Gasteiger partial charge in [-0.25, -0.2) is 9.59 Å². The Morgan fingerprint density at radius 2 is 2.15 bits per heavy atom. The maximum absolute atomic E-state index is 12.2. The van der Waals surface area contributed by atoms with Crippen LogP contribution in [0.1, 0.15) is 6.92 Å². The molecular formula is C13H22N2O5. The number of hydrogen-bond acceptors (Lipinski definition) is 4. The number of nitrogens with zero attached hydrogens (tertiary/aromatic N) is 2. The van der Waals surface area contributed by atoms with Crippen LogP contribution in [0.15, 0.2) is 12.7 Å². The molecule has 1 fully saturated rings. The smallest absolute Gasteiger partial charge is 0.329 e. The number of methoxy groups -OCH3 is 1. The molecular weight excluding hydrogens is 264 g/mol. The lowest BCUT2D eigenvalue weighted by Crippen LogP contribution is -2.65. The quantitative estimate of drug-likeness (QED) is 0.654. The van der Waals surface area contributed by atoms with Crippen molar-refractivity contribution in [2.24, 2.45) is 0 Å². The monoisotopic (exact) mass is 286 g/mol. The zero-order chi connectivity index (χ0) is 15.2. The second kappa shape index (κ2) is 7.25. The molecule has 114 valence electrons.